The SMILES string of the molecule is Cc1c(N)cccc1S(=O)(=O)NC1CCC(C)CC1C. The van der Waals surface area contributed by atoms with E-state index in [1.54, 1.807) is 25.1 Å². The van der Waals surface area contributed by atoms with E-state index < -0.39 is 10.0 Å². The predicted molar refractivity (Wildman–Crippen MR) is 81.9 cm³/mol. The van der Waals surface area contributed by atoms with Gasteiger partial charge in [0.15, 0.2) is 0 Å². The van der Waals surface area contributed by atoms with Crippen LogP contribution in [0.4, 0.5) is 5.69 Å². The van der Waals surface area contributed by atoms with E-state index >= 15 is 0 Å². The Hall–Kier alpha value is -1.07. The smallest absolute Gasteiger partial charge is 0.241 e. The summed E-state index contributed by atoms with van der Waals surface area (Å²) in [7, 11) is -3.49. The first-order valence-corrected chi connectivity index (χ1v) is 8.67. The minimum Gasteiger partial charge on any atom is -0.398 e. The zero-order chi connectivity index (χ0) is 14.9. The Morgan fingerprint density at radius 2 is 1.95 bits per heavy atom. The first-order chi connectivity index (χ1) is 9.31. The second-order valence-electron chi connectivity index (χ2n) is 6.09. The van der Waals surface area contributed by atoms with Gasteiger partial charge in [-0.3, -0.25) is 0 Å². The number of nitrogens with two attached hydrogens (primary N) is 1. The van der Waals surface area contributed by atoms with Crippen LogP contribution in [0.1, 0.15) is 38.7 Å². The maximum absolute atomic E-state index is 12.5. The molecule has 3 unspecified atom stereocenters. The third kappa shape index (κ3) is 3.15. The summed E-state index contributed by atoms with van der Waals surface area (Å²) >= 11 is 0. The average Bonchev–Trinajstić information content (AvgIpc) is 2.36. The summed E-state index contributed by atoms with van der Waals surface area (Å²) in [5.74, 6) is 1.05. The van der Waals surface area contributed by atoms with Gasteiger partial charge >= 0.3 is 0 Å². The summed E-state index contributed by atoms with van der Waals surface area (Å²) in [6, 6.07) is 5.05. The van der Waals surface area contributed by atoms with Gasteiger partial charge in [0.1, 0.15) is 0 Å². The summed E-state index contributed by atoms with van der Waals surface area (Å²) in [5, 5.41) is 0. The molecular formula is C15H24N2O2S. The van der Waals surface area contributed by atoms with Crippen LogP contribution < -0.4 is 10.5 Å². The predicted octanol–water partition coefficient (Wildman–Crippen LogP) is 2.68. The lowest BCUT2D eigenvalue weighted by Gasteiger charge is -2.33. The molecule has 0 spiro atoms. The first kappa shape index (κ1) is 15.3. The van der Waals surface area contributed by atoms with Crippen molar-refractivity contribution < 1.29 is 8.42 Å². The number of anilines is 1. The molecule has 1 aromatic rings. The van der Waals surface area contributed by atoms with E-state index in [2.05, 4.69) is 18.6 Å². The van der Waals surface area contributed by atoms with Crippen molar-refractivity contribution in [2.24, 2.45) is 11.8 Å². The van der Waals surface area contributed by atoms with Crippen molar-refractivity contribution in [3.8, 4) is 0 Å². The molecule has 5 heteroatoms. The van der Waals surface area contributed by atoms with Crippen LogP contribution in [0.2, 0.25) is 0 Å². The summed E-state index contributed by atoms with van der Waals surface area (Å²) in [6.45, 7) is 6.09. The molecule has 1 aliphatic rings. The Morgan fingerprint density at radius 1 is 1.25 bits per heavy atom. The normalized spacial score (nSPS) is 27.4. The van der Waals surface area contributed by atoms with Gasteiger partial charge in [-0.05, 0) is 55.7 Å². The number of hydrogen-bond acceptors (Lipinski definition) is 3. The lowest BCUT2D eigenvalue weighted by atomic mass is 9.80. The monoisotopic (exact) mass is 296 g/mol. The first-order valence-electron chi connectivity index (χ1n) is 7.18. The van der Waals surface area contributed by atoms with Crippen molar-refractivity contribution in [1.29, 1.82) is 0 Å². The van der Waals surface area contributed by atoms with Crippen molar-refractivity contribution in [2.45, 2.75) is 51.0 Å². The maximum Gasteiger partial charge on any atom is 0.241 e. The number of benzene rings is 1. The minimum atomic E-state index is -3.49. The summed E-state index contributed by atoms with van der Waals surface area (Å²) in [6.07, 6.45) is 3.06. The van der Waals surface area contributed by atoms with Crippen LogP contribution in [0.3, 0.4) is 0 Å². The van der Waals surface area contributed by atoms with E-state index in [1.807, 2.05) is 0 Å². The van der Waals surface area contributed by atoms with E-state index in [0.717, 1.165) is 19.3 Å². The fraction of sp³-hybridized carbons (Fsp3) is 0.600. The number of sulfonamides is 1. The van der Waals surface area contributed by atoms with Crippen molar-refractivity contribution in [2.75, 3.05) is 5.73 Å². The highest BCUT2D eigenvalue weighted by molar-refractivity contribution is 7.89. The van der Waals surface area contributed by atoms with Crippen LogP contribution in [0.25, 0.3) is 0 Å². The molecule has 0 amide bonds. The summed E-state index contributed by atoms with van der Waals surface area (Å²) in [4.78, 5) is 0.295. The number of nitrogens with one attached hydrogen (secondary N) is 1. The molecule has 2 rings (SSSR count). The molecule has 112 valence electrons. The Morgan fingerprint density at radius 3 is 2.60 bits per heavy atom. The second kappa shape index (κ2) is 5.74. The van der Waals surface area contributed by atoms with Crippen LogP contribution in [0, 0.1) is 18.8 Å². The third-order valence-electron chi connectivity index (χ3n) is 4.35. The molecule has 3 atom stereocenters. The van der Waals surface area contributed by atoms with E-state index in [0.29, 0.717) is 28.0 Å². The van der Waals surface area contributed by atoms with Crippen molar-refractivity contribution in [1.82, 2.24) is 4.72 Å². The van der Waals surface area contributed by atoms with Gasteiger partial charge in [-0.2, -0.15) is 0 Å². The Labute approximate surface area is 121 Å². The van der Waals surface area contributed by atoms with E-state index in [9.17, 15) is 8.42 Å². The topological polar surface area (TPSA) is 72.2 Å². The van der Waals surface area contributed by atoms with Crippen molar-refractivity contribution >= 4 is 15.7 Å². The molecule has 0 aliphatic heterocycles. The van der Waals surface area contributed by atoms with Gasteiger partial charge in [-0.15, -0.1) is 0 Å². The molecule has 0 aromatic heterocycles. The van der Waals surface area contributed by atoms with Crippen molar-refractivity contribution in [3.63, 3.8) is 0 Å². The molecular weight excluding hydrogens is 272 g/mol. The van der Waals surface area contributed by atoms with Gasteiger partial charge in [0.2, 0.25) is 10.0 Å². The Balaban J connectivity index is 2.21. The van der Waals surface area contributed by atoms with E-state index in [-0.39, 0.29) is 6.04 Å². The van der Waals surface area contributed by atoms with Crippen LogP contribution in [-0.4, -0.2) is 14.5 Å². The molecule has 0 bridgehead atoms. The average molecular weight is 296 g/mol. The zero-order valence-corrected chi connectivity index (χ0v) is 13.2. The van der Waals surface area contributed by atoms with Gasteiger partial charge in [-0.25, -0.2) is 13.1 Å². The highest BCUT2D eigenvalue weighted by Gasteiger charge is 2.30. The van der Waals surface area contributed by atoms with Crippen molar-refractivity contribution in [3.05, 3.63) is 23.8 Å². The van der Waals surface area contributed by atoms with Crippen LogP contribution in [0.5, 0.6) is 0 Å². The third-order valence-corrected chi connectivity index (χ3v) is 5.99. The van der Waals surface area contributed by atoms with Gasteiger partial charge < -0.3 is 5.73 Å². The molecule has 20 heavy (non-hydrogen) atoms. The second-order valence-corrected chi connectivity index (χ2v) is 7.78. The highest BCUT2D eigenvalue weighted by atomic mass is 32.2. The van der Waals surface area contributed by atoms with E-state index in [4.69, 9.17) is 5.73 Å². The lowest BCUT2D eigenvalue weighted by Crippen LogP contribution is -2.42. The number of nitrogen functional groups attached to an aromatic ring is 1. The Kier molecular flexibility index (Phi) is 4.39. The van der Waals surface area contributed by atoms with E-state index in [1.165, 1.54) is 0 Å². The fourth-order valence-corrected chi connectivity index (χ4v) is 4.68. The molecule has 0 heterocycles. The van der Waals surface area contributed by atoms with Gasteiger partial charge in [-0.1, -0.05) is 19.9 Å². The van der Waals surface area contributed by atoms with Gasteiger partial charge in [0, 0.05) is 11.7 Å². The molecule has 1 aromatic carbocycles. The molecule has 0 saturated heterocycles. The molecule has 1 aliphatic carbocycles. The lowest BCUT2D eigenvalue weighted by molar-refractivity contribution is 0.249. The maximum atomic E-state index is 12.5. The minimum absolute atomic E-state index is 0.0250. The molecule has 0 radical (unpaired) electrons. The largest absolute Gasteiger partial charge is 0.398 e. The Bertz CT molecular complexity index is 584. The quantitative estimate of drug-likeness (QED) is 0.842. The van der Waals surface area contributed by atoms with Gasteiger partial charge in [0.05, 0.1) is 4.90 Å². The van der Waals surface area contributed by atoms with Gasteiger partial charge in [0.25, 0.3) is 0 Å². The number of rotatable bonds is 3. The summed E-state index contributed by atoms with van der Waals surface area (Å²) in [5.41, 5.74) is 6.94. The van der Waals surface area contributed by atoms with Crippen LogP contribution >= 0.6 is 0 Å². The standard InChI is InChI=1S/C15H24N2O2S/c1-10-7-8-14(11(2)9-10)17-20(18,19)15-6-4-5-13(16)12(15)3/h4-6,10-11,14,17H,7-9,16H2,1-3H3. The molecule has 4 nitrogen and oxygen atoms in total. The van der Waals surface area contributed by atoms with Crippen LogP contribution in [-0.2, 0) is 10.0 Å². The molecule has 1 fully saturated rings. The zero-order valence-electron chi connectivity index (χ0n) is 12.4. The fourth-order valence-electron chi connectivity index (χ4n) is 3.03. The van der Waals surface area contributed by atoms with Crippen LogP contribution in [0.15, 0.2) is 23.1 Å². The molecule has 3 N–H and O–H groups in total. The molecule has 1 saturated carbocycles. The number of hydrogen-bond donors (Lipinski definition) is 2. The highest BCUT2D eigenvalue weighted by Crippen LogP contribution is 2.30. The summed E-state index contributed by atoms with van der Waals surface area (Å²) < 4.78 is 27.9.